The van der Waals surface area contributed by atoms with Crippen LogP contribution in [-0.4, -0.2) is 29.6 Å². The third-order valence-electron chi connectivity index (χ3n) is 3.57. The molecule has 0 aromatic heterocycles. The second-order valence-corrected chi connectivity index (χ2v) is 6.37. The average Bonchev–Trinajstić information content (AvgIpc) is 2.53. The summed E-state index contributed by atoms with van der Waals surface area (Å²) in [6.07, 6.45) is 4.51. The van der Waals surface area contributed by atoms with E-state index in [2.05, 4.69) is 44.8 Å². The first-order chi connectivity index (χ1) is 8.45. The maximum atomic E-state index is 12.4. The maximum absolute atomic E-state index is 12.4. The molecule has 1 rings (SSSR count). The van der Waals surface area contributed by atoms with Gasteiger partial charge in [0.05, 0.1) is 12.2 Å². The smallest absolute Gasteiger partial charge is 0.241 e. The molecule has 0 spiro atoms. The predicted molar refractivity (Wildman–Crippen MR) is 76.2 cm³/mol. The van der Waals surface area contributed by atoms with Crippen LogP contribution < -0.4 is 5.32 Å². The summed E-state index contributed by atoms with van der Waals surface area (Å²) in [6, 6.07) is 0.0497. The van der Waals surface area contributed by atoms with Crippen LogP contribution in [0.25, 0.3) is 0 Å². The van der Waals surface area contributed by atoms with Crippen molar-refractivity contribution in [1.82, 2.24) is 10.2 Å². The number of nitrogens with zero attached hydrogens (tertiary/aromatic N) is 1. The third kappa shape index (κ3) is 4.27. The highest BCUT2D eigenvalue weighted by Crippen LogP contribution is 2.20. The Hall–Kier alpha value is -0.570. The molecular formula is C15H30N2O. The van der Waals surface area contributed by atoms with Crippen LogP contribution in [0.4, 0.5) is 0 Å². The van der Waals surface area contributed by atoms with E-state index in [1.165, 1.54) is 0 Å². The second kappa shape index (κ2) is 7.13. The van der Waals surface area contributed by atoms with Crippen LogP contribution in [0.1, 0.15) is 60.3 Å². The van der Waals surface area contributed by atoms with E-state index in [1.54, 1.807) is 0 Å². The van der Waals surface area contributed by atoms with Gasteiger partial charge in [-0.2, -0.15) is 0 Å². The normalized spacial score (nSPS) is 24.6. The van der Waals surface area contributed by atoms with E-state index in [4.69, 9.17) is 0 Å². The van der Waals surface area contributed by atoms with Crippen molar-refractivity contribution in [3.63, 3.8) is 0 Å². The van der Waals surface area contributed by atoms with Gasteiger partial charge in [0.25, 0.3) is 0 Å². The van der Waals surface area contributed by atoms with E-state index in [-0.39, 0.29) is 12.2 Å². The molecule has 1 saturated heterocycles. The molecule has 0 aliphatic carbocycles. The summed E-state index contributed by atoms with van der Waals surface area (Å²) in [5, 5.41) is 3.52. The number of hydrogen-bond acceptors (Lipinski definition) is 2. The Bertz CT molecular complexity index is 263. The van der Waals surface area contributed by atoms with E-state index in [9.17, 15) is 4.79 Å². The Labute approximate surface area is 112 Å². The van der Waals surface area contributed by atoms with Gasteiger partial charge in [-0.25, -0.2) is 0 Å². The average molecular weight is 254 g/mol. The lowest BCUT2D eigenvalue weighted by atomic mass is 10.0. The molecule has 2 atom stereocenters. The summed E-state index contributed by atoms with van der Waals surface area (Å²) in [4.78, 5) is 14.5. The van der Waals surface area contributed by atoms with E-state index in [0.29, 0.717) is 17.7 Å². The van der Waals surface area contributed by atoms with Crippen LogP contribution in [0.5, 0.6) is 0 Å². The Balaban J connectivity index is 2.62. The fraction of sp³-hybridized carbons (Fsp3) is 0.933. The molecule has 18 heavy (non-hydrogen) atoms. The molecule has 0 aromatic carbocycles. The first kappa shape index (κ1) is 15.5. The molecule has 1 fully saturated rings. The van der Waals surface area contributed by atoms with Gasteiger partial charge in [-0.05, 0) is 31.1 Å². The van der Waals surface area contributed by atoms with Crippen molar-refractivity contribution < 1.29 is 4.79 Å². The Morgan fingerprint density at radius 1 is 1.22 bits per heavy atom. The van der Waals surface area contributed by atoms with E-state index in [1.807, 2.05) is 0 Å². The zero-order valence-electron chi connectivity index (χ0n) is 12.7. The predicted octanol–water partition coefficient (Wildman–Crippen LogP) is 3.01. The lowest BCUT2D eigenvalue weighted by Gasteiger charge is -2.24. The molecule has 1 amide bonds. The van der Waals surface area contributed by atoms with Crippen molar-refractivity contribution in [3.8, 4) is 0 Å². The monoisotopic (exact) mass is 254 g/mol. The van der Waals surface area contributed by atoms with Crippen LogP contribution in [0.15, 0.2) is 0 Å². The van der Waals surface area contributed by atoms with Gasteiger partial charge in [-0.15, -0.1) is 0 Å². The standard InChI is InChI=1S/C15H30N2O/c1-6-7-14-16-13(10-12(4)5)15(18)17(14)9-8-11(2)3/h11-14,16H,6-10H2,1-5H3. The van der Waals surface area contributed by atoms with Crippen LogP contribution in [0, 0.1) is 11.8 Å². The summed E-state index contributed by atoms with van der Waals surface area (Å²) in [5.41, 5.74) is 0. The maximum Gasteiger partial charge on any atom is 0.241 e. The molecule has 0 radical (unpaired) electrons. The molecular weight excluding hydrogens is 224 g/mol. The molecule has 1 heterocycles. The second-order valence-electron chi connectivity index (χ2n) is 6.37. The molecule has 3 nitrogen and oxygen atoms in total. The molecule has 1 N–H and O–H groups in total. The number of amides is 1. The van der Waals surface area contributed by atoms with Crippen LogP contribution in [0.3, 0.4) is 0 Å². The topological polar surface area (TPSA) is 32.3 Å². The number of hydrogen-bond donors (Lipinski definition) is 1. The first-order valence-electron chi connectivity index (χ1n) is 7.52. The highest BCUT2D eigenvalue weighted by atomic mass is 16.2. The minimum absolute atomic E-state index is 0.0497. The van der Waals surface area contributed by atoms with Crippen LogP contribution in [0.2, 0.25) is 0 Å². The van der Waals surface area contributed by atoms with Gasteiger partial charge >= 0.3 is 0 Å². The molecule has 106 valence electrons. The van der Waals surface area contributed by atoms with Gasteiger partial charge in [0, 0.05) is 6.54 Å². The van der Waals surface area contributed by atoms with Crippen molar-refractivity contribution in [2.75, 3.05) is 6.54 Å². The Kier molecular flexibility index (Phi) is 6.13. The first-order valence-corrected chi connectivity index (χ1v) is 7.52. The molecule has 3 heteroatoms. The van der Waals surface area contributed by atoms with Crippen molar-refractivity contribution in [2.24, 2.45) is 11.8 Å². The lowest BCUT2D eigenvalue weighted by molar-refractivity contribution is -0.130. The minimum Gasteiger partial charge on any atom is -0.326 e. The summed E-state index contributed by atoms with van der Waals surface area (Å²) in [5.74, 6) is 1.55. The lowest BCUT2D eigenvalue weighted by Crippen LogP contribution is -2.38. The minimum atomic E-state index is 0.0497. The molecule has 0 aromatic rings. The van der Waals surface area contributed by atoms with Crippen LogP contribution in [-0.2, 0) is 4.79 Å². The molecule has 0 bridgehead atoms. The Morgan fingerprint density at radius 3 is 2.39 bits per heavy atom. The summed E-state index contributed by atoms with van der Waals surface area (Å²) in [7, 11) is 0. The number of carbonyl (C=O) groups is 1. The van der Waals surface area contributed by atoms with Gasteiger partial charge in [-0.1, -0.05) is 41.0 Å². The number of carbonyl (C=O) groups excluding carboxylic acids is 1. The largest absolute Gasteiger partial charge is 0.326 e. The van der Waals surface area contributed by atoms with Crippen molar-refractivity contribution in [3.05, 3.63) is 0 Å². The molecule has 1 aliphatic rings. The van der Waals surface area contributed by atoms with Gasteiger partial charge in [0.2, 0.25) is 5.91 Å². The van der Waals surface area contributed by atoms with E-state index < -0.39 is 0 Å². The zero-order valence-corrected chi connectivity index (χ0v) is 12.7. The van der Waals surface area contributed by atoms with Gasteiger partial charge < -0.3 is 4.90 Å². The third-order valence-corrected chi connectivity index (χ3v) is 3.57. The number of rotatable bonds is 7. The zero-order chi connectivity index (χ0) is 13.7. The SMILES string of the molecule is CCCC1NC(CC(C)C)C(=O)N1CCC(C)C. The van der Waals surface area contributed by atoms with Gasteiger partial charge in [0.15, 0.2) is 0 Å². The quantitative estimate of drug-likeness (QED) is 0.757. The van der Waals surface area contributed by atoms with Gasteiger partial charge in [0.1, 0.15) is 0 Å². The fourth-order valence-corrected chi connectivity index (χ4v) is 2.56. The summed E-state index contributed by atoms with van der Waals surface area (Å²) >= 11 is 0. The molecule has 1 aliphatic heterocycles. The van der Waals surface area contributed by atoms with Crippen LogP contribution >= 0.6 is 0 Å². The van der Waals surface area contributed by atoms with Crippen molar-refractivity contribution >= 4 is 5.91 Å². The van der Waals surface area contributed by atoms with E-state index >= 15 is 0 Å². The van der Waals surface area contributed by atoms with Crippen molar-refractivity contribution in [2.45, 2.75) is 72.5 Å². The van der Waals surface area contributed by atoms with Crippen molar-refractivity contribution in [1.29, 1.82) is 0 Å². The summed E-state index contributed by atoms with van der Waals surface area (Å²) in [6.45, 7) is 11.9. The van der Waals surface area contributed by atoms with Gasteiger partial charge in [-0.3, -0.25) is 10.1 Å². The number of nitrogens with one attached hydrogen (secondary N) is 1. The fourth-order valence-electron chi connectivity index (χ4n) is 2.56. The highest BCUT2D eigenvalue weighted by molar-refractivity contribution is 5.84. The van der Waals surface area contributed by atoms with E-state index in [0.717, 1.165) is 32.2 Å². The summed E-state index contributed by atoms with van der Waals surface area (Å²) < 4.78 is 0. The molecule has 0 saturated carbocycles. The highest BCUT2D eigenvalue weighted by Gasteiger charge is 2.37. The Morgan fingerprint density at radius 2 is 1.89 bits per heavy atom. The molecule has 2 unspecified atom stereocenters.